The second kappa shape index (κ2) is 5.73. The van der Waals surface area contributed by atoms with Crippen LogP contribution in [0.25, 0.3) is 0 Å². The van der Waals surface area contributed by atoms with Crippen molar-refractivity contribution in [2.24, 2.45) is 39.9 Å². The highest BCUT2D eigenvalue weighted by Gasteiger charge is 2.85. The fourth-order valence-corrected chi connectivity index (χ4v) is 10.3. The van der Waals surface area contributed by atoms with Crippen LogP contribution in [0.2, 0.25) is 0 Å². The maximum atomic E-state index is 11.4. The van der Waals surface area contributed by atoms with Crippen molar-refractivity contribution in [2.75, 3.05) is 27.0 Å². The summed E-state index contributed by atoms with van der Waals surface area (Å²) in [4.78, 5) is 2.76. The summed E-state index contributed by atoms with van der Waals surface area (Å²) in [6.45, 7) is 7.48. The van der Waals surface area contributed by atoms with E-state index in [1.807, 2.05) is 0 Å². The van der Waals surface area contributed by atoms with Crippen LogP contribution in [-0.4, -0.2) is 66.5 Å². The van der Waals surface area contributed by atoms with Crippen molar-refractivity contribution in [3.63, 3.8) is 0 Å². The molecule has 6 saturated carbocycles. The Bertz CT molecular complexity index is 673. The third-order valence-corrected chi connectivity index (χ3v) is 10.9. The first-order valence-electron chi connectivity index (χ1n) is 11.7. The van der Waals surface area contributed by atoms with E-state index in [2.05, 4.69) is 18.7 Å². The summed E-state index contributed by atoms with van der Waals surface area (Å²) in [6, 6.07) is 0.501. The average Bonchev–Trinajstić information content (AvgIpc) is 3.13. The zero-order valence-electron chi connectivity index (χ0n) is 17.6. The van der Waals surface area contributed by atoms with Crippen molar-refractivity contribution in [1.29, 1.82) is 0 Å². The summed E-state index contributed by atoms with van der Waals surface area (Å²) < 4.78 is 11.8. The van der Waals surface area contributed by atoms with E-state index >= 15 is 0 Å². The molecule has 158 valence electrons. The van der Waals surface area contributed by atoms with Gasteiger partial charge in [0.25, 0.3) is 0 Å². The van der Waals surface area contributed by atoms with E-state index in [1.165, 1.54) is 19.4 Å². The van der Waals surface area contributed by atoms with Crippen LogP contribution >= 0.6 is 0 Å². The molecule has 2 spiro atoms. The highest BCUT2D eigenvalue weighted by molar-refractivity contribution is 5.34. The highest BCUT2D eigenvalue weighted by Crippen LogP contribution is 2.83. The molecule has 0 radical (unpaired) electrons. The van der Waals surface area contributed by atoms with E-state index in [9.17, 15) is 10.2 Å². The third kappa shape index (κ3) is 1.77. The molecule has 0 amide bonds. The summed E-state index contributed by atoms with van der Waals surface area (Å²) in [5.74, 6) is 1.94. The van der Waals surface area contributed by atoms with Gasteiger partial charge in [-0.05, 0) is 74.2 Å². The van der Waals surface area contributed by atoms with Crippen LogP contribution in [0, 0.1) is 39.9 Å². The number of likely N-dealkylation sites (tertiary alicyclic amines) is 1. The number of aliphatic hydroxyl groups excluding tert-OH is 2. The van der Waals surface area contributed by atoms with E-state index < -0.39 is 12.2 Å². The number of ether oxygens (including phenoxy) is 2. The molecule has 0 aromatic carbocycles. The summed E-state index contributed by atoms with van der Waals surface area (Å²) in [7, 11) is 1.72. The Balaban J connectivity index is 1.54. The van der Waals surface area contributed by atoms with Gasteiger partial charge >= 0.3 is 0 Å². The monoisotopic (exact) mass is 391 g/mol. The zero-order valence-corrected chi connectivity index (χ0v) is 17.6. The van der Waals surface area contributed by atoms with Crippen molar-refractivity contribution in [1.82, 2.24) is 4.90 Å². The minimum atomic E-state index is -0.550. The zero-order chi connectivity index (χ0) is 19.5. The molecule has 7 rings (SSSR count). The summed E-state index contributed by atoms with van der Waals surface area (Å²) in [5, 5.41) is 22.3. The van der Waals surface area contributed by atoms with Gasteiger partial charge in [-0.2, -0.15) is 0 Å². The summed E-state index contributed by atoms with van der Waals surface area (Å²) >= 11 is 0. The van der Waals surface area contributed by atoms with Crippen molar-refractivity contribution < 1.29 is 19.7 Å². The van der Waals surface area contributed by atoms with Gasteiger partial charge in [0.2, 0.25) is 0 Å². The molecule has 1 aliphatic heterocycles. The maximum absolute atomic E-state index is 11.4. The molecule has 2 N–H and O–H groups in total. The Labute approximate surface area is 168 Å². The molecule has 5 nitrogen and oxygen atoms in total. The number of piperidine rings is 1. The molecule has 1 heterocycles. The average molecular weight is 392 g/mol. The van der Waals surface area contributed by atoms with Gasteiger partial charge < -0.3 is 19.7 Å². The third-order valence-electron chi connectivity index (χ3n) is 10.9. The van der Waals surface area contributed by atoms with Crippen molar-refractivity contribution in [3.05, 3.63) is 0 Å². The van der Waals surface area contributed by atoms with Crippen LogP contribution in [0.4, 0.5) is 0 Å². The lowest BCUT2D eigenvalue weighted by Gasteiger charge is -2.68. The Morgan fingerprint density at radius 3 is 2.68 bits per heavy atom. The number of hydrogen-bond donors (Lipinski definition) is 2. The molecule has 11 atom stereocenters. The number of methoxy groups -OCH3 is 1. The highest BCUT2D eigenvalue weighted by atomic mass is 16.7. The van der Waals surface area contributed by atoms with E-state index in [4.69, 9.17) is 9.47 Å². The number of hydrogen-bond acceptors (Lipinski definition) is 5. The number of fused-ring (bicyclic) bond motifs is 2. The minimum Gasteiger partial charge on any atom is -0.390 e. The lowest BCUT2D eigenvalue weighted by molar-refractivity contribution is -0.274. The van der Waals surface area contributed by atoms with Gasteiger partial charge in [0.15, 0.2) is 0 Å². The van der Waals surface area contributed by atoms with Crippen LogP contribution in [0.15, 0.2) is 0 Å². The van der Waals surface area contributed by atoms with E-state index in [-0.39, 0.29) is 22.9 Å². The van der Waals surface area contributed by atoms with Gasteiger partial charge in [-0.25, -0.2) is 0 Å². The van der Waals surface area contributed by atoms with E-state index in [0.29, 0.717) is 36.0 Å². The van der Waals surface area contributed by atoms with Crippen LogP contribution in [0.1, 0.15) is 52.4 Å². The molecule has 6 aliphatic carbocycles. The number of rotatable bonds is 4. The van der Waals surface area contributed by atoms with Crippen LogP contribution in [0.5, 0.6) is 0 Å². The van der Waals surface area contributed by atoms with Crippen molar-refractivity contribution >= 4 is 0 Å². The molecule has 1 saturated heterocycles. The second-order valence-corrected chi connectivity index (χ2v) is 11.3. The van der Waals surface area contributed by atoms with Crippen molar-refractivity contribution in [3.8, 4) is 0 Å². The van der Waals surface area contributed by atoms with Gasteiger partial charge in [-0.15, -0.1) is 0 Å². The largest absolute Gasteiger partial charge is 0.390 e. The predicted octanol–water partition coefficient (Wildman–Crippen LogP) is 2.25. The fourth-order valence-electron chi connectivity index (χ4n) is 10.3. The molecule has 0 aromatic heterocycles. The molecule has 5 heteroatoms. The van der Waals surface area contributed by atoms with Crippen LogP contribution in [-0.2, 0) is 9.47 Å². The van der Waals surface area contributed by atoms with Crippen LogP contribution in [0.3, 0.4) is 0 Å². The SMILES string of the molecule is CCN1C[C@]2(C)CC[C@H](OCOC)C34C1C(C[C@@H]32)[C@@]12CC[C@@H](CC41)[C@H](O)[C@@H]2O. The molecule has 7 aliphatic rings. The molecular formula is C23H37NO4. The Morgan fingerprint density at radius 1 is 1.11 bits per heavy atom. The van der Waals surface area contributed by atoms with Gasteiger partial charge in [0.05, 0.1) is 18.3 Å². The van der Waals surface area contributed by atoms with E-state index in [0.717, 1.165) is 32.2 Å². The minimum absolute atomic E-state index is 0.0972. The number of nitrogens with zero attached hydrogens (tertiary/aromatic N) is 1. The van der Waals surface area contributed by atoms with Gasteiger partial charge in [0, 0.05) is 30.5 Å². The van der Waals surface area contributed by atoms with Crippen molar-refractivity contribution in [2.45, 2.75) is 76.7 Å². The predicted molar refractivity (Wildman–Crippen MR) is 104 cm³/mol. The molecular weight excluding hydrogens is 354 g/mol. The topological polar surface area (TPSA) is 62.2 Å². The van der Waals surface area contributed by atoms with Gasteiger partial charge in [0.1, 0.15) is 6.79 Å². The van der Waals surface area contributed by atoms with Crippen LogP contribution < -0.4 is 0 Å². The number of aliphatic hydroxyl groups is 2. The smallest absolute Gasteiger partial charge is 0.146 e. The first-order valence-corrected chi connectivity index (χ1v) is 11.7. The molecule has 0 aromatic rings. The molecule has 7 fully saturated rings. The molecule has 4 unspecified atom stereocenters. The van der Waals surface area contributed by atoms with Gasteiger partial charge in [-0.3, -0.25) is 4.90 Å². The fraction of sp³-hybridized carbons (Fsp3) is 1.00. The lowest BCUT2D eigenvalue weighted by Crippen LogP contribution is -2.71. The lowest BCUT2D eigenvalue weighted by atomic mass is 9.39. The Morgan fingerprint density at radius 2 is 1.93 bits per heavy atom. The summed E-state index contributed by atoms with van der Waals surface area (Å²) in [5.41, 5.74) is 0.389. The summed E-state index contributed by atoms with van der Waals surface area (Å²) in [6.07, 6.45) is 5.99. The van der Waals surface area contributed by atoms with E-state index in [1.54, 1.807) is 7.11 Å². The normalized spacial score (nSPS) is 61.6. The first kappa shape index (κ1) is 18.6. The Hall–Kier alpha value is -0.200. The second-order valence-electron chi connectivity index (χ2n) is 11.3. The van der Waals surface area contributed by atoms with Gasteiger partial charge in [-0.1, -0.05) is 13.8 Å². The first-order chi connectivity index (χ1) is 13.4. The molecule has 28 heavy (non-hydrogen) atoms. The maximum Gasteiger partial charge on any atom is 0.146 e. The Kier molecular flexibility index (Phi) is 3.80. The standard InChI is InChI=1S/C23H37NO4/c1-4-24-11-21(2)7-6-17(28-12-27-3)23-15(21)10-14(19(23)24)22-8-5-13(9-16(22)23)18(25)20(22)26/h13-20,25-26H,4-12H2,1-3H3/t13-,14?,15+,16?,17-,18-,19?,20-,21-,22-,23?/m0/s1. The molecule has 7 bridgehead atoms. The quantitative estimate of drug-likeness (QED) is 0.720.